The highest BCUT2D eigenvalue weighted by molar-refractivity contribution is 7.80. The minimum Gasteiger partial charge on any atom is -0.492 e. The van der Waals surface area contributed by atoms with Crippen molar-refractivity contribution in [1.82, 2.24) is 0 Å². The summed E-state index contributed by atoms with van der Waals surface area (Å²) in [5.41, 5.74) is 5.09. The van der Waals surface area contributed by atoms with Gasteiger partial charge >= 0.3 is 0 Å². The quantitative estimate of drug-likeness (QED) is 0.616. The molecule has 0 unspecified atom stereocenters. The van der Waals surface area contributed by atoms with Crippen LogP contribution in [-0.4, -0.2) is 44.6 Å². The van der Waals surface area contributed by atoms with Crippen LogP contribution in [0.2, 0.25) is 0 Å². The van der Waals surface area contributed by atoms with Crippen LogP contribution in [0.15, 0.2) is 30.3 Å². The lowest BCUT2D eigenvalue weighted by Gasteiger charge is -2.31. The summed E-state index contributed by atoms with van der Waals surface area (Å²) in [5, 5.41) is 7.09. The fourth-order valence-electron chi connectivity index (χ4n) is 3.39. The number of nitrogens with one attached hydrogen (secondary N) is 2. The largest absolute Gasteiger partial charge is 0.492 e. The predicted molar refractivity (Wildman–Crippen MR) is 128 cm³/mol. The standard InChI is InChI=1S/C23H31N3O3S/c1-5-28-21-15-20(26-9-11-27-12-10-26)22(29-6-2)14-19(21)25-23(30)24-18-13-16(3)7-8-17(18)4/h7-8,13-15H,5-6,9-12H2,1-4H3,(H2,24,25,30). The van der Waals surface area contributed by atoms with Crippen molar-refractivity contribution in [3.63, 3.8) is 0 Å². The van der Waals surface area contributed by atoms with E-state index in [9.17, 15) is 0 Å². The lowest BCUT2D eigenvalue weighted by molar-refractivity contribution is 0.122. The second kappa shape index (κ2) is 10.5. The molecule has 1 saturated heterocycles. The Balaban J connectivity index is 1.87. The van der Waals surface area contributed by atoms with Crippen LogP contribution in [0.25, 0.3) is 0 Å². The highest BCUT2D eigenvalue weighted by Gasteiger charge is 2.20. The van der Waals surface area contributed by atoms with Crippen LogP contribution >= 0.6 is 12.2 Å². The van der Waals surface area contributed by atoms with Crippen LogP contribution in [-0.2, 0) is 4.74 Å². The zero-order chi connectivity index (χ0) is 21.5. The van der Waals surface area contributed by atoms with E-state index in [2.05, 4.69) is 47.6 Å². The molecule has 0 aliphatic carbocycles. The van der Waals surface area contributed by atoms with Gasteiger partial charge in [-0.25, -0.2) is 0 Å². The molecule has 1 aliphatic rings. The number of thiocarbonyl (C=S) groups is 1. The topological polar surface area (TPSA) is 55.0 Å². The van der Waals surface area contributed by atoms with E-state index >= 15 is 0 Å². The first-order chi connectivity index (χ1) is 14.5. The van der Waals surface area contributed by atoms with Gasteiger partial charge in [-0.15, -0.1) is 0 Å². The Labute approximate surface area is 184 Å². The first kappa shape index (κ1) is 22.2. The molecule has 0 radical (unpaired) electrons. The van der Waals surface area contributed by atoms with Gasteiger partial charge in [0.2, 0.25) is 0 Å². The molecule has 30 heavy (non-hydrogen) atoms. The van der Waals surface area contributed by atoms with Gasteiger partial charge in [-0.2, -0.15) is 0 Å². The summed E-state index contributed by atoms with van der Waals surface area (Å²) in [5.74, 6) is 1.55. The maximum Gasteiger partial charge on any atom is 0.175 e. The van der Waals surface area contributed by atoms with E-state index in [0.717, 1.165) is 47.2 Å². The molecule has 2 aromatic carbocycles. The van der Waals surface area contributed by atoms with Crippen LogP contribution in [0.4, 0.5) is 17.1 Å². The Hall–Kier alpha value is -2.51. The molecule has 1 heterocycles. The van der Waals surface area contributed by atoms with Crippen LogP contribution in [0.1, 0.15) is 25.0 Å². The highest BCUT2D eigenvalue weighted by atomic mass is 32.1. The molecule has 0 spiro atoms. The molecule has 2 N–H and O–H groups in total. The Morgan fingerprint density at radius 3 is 2.33 bits per heavy atom. The molecule has 0 atom stereocenters. The normalized spacial score (nSPS) is 13.7. The molecule has 1 aliphatic heterocycles. The van der Waals surface area contributed by atoms with Gasteiger partial charge in [0, 0.05) is 30.9 Å². The molecule has 162 valence electrons. The molecule has 0 saturated carbocycles. The van der Waals surface area contributed by atoms with E-state index in [1.54, 1.807) is 0 Å². The maximum atomic E-state index is 5.96. The smallest absolute Gasteiger partial charge is 0.175 e. The molecule has 7 heteroatoms. The molecule has 0 aromatic heterocycles. The molecule has 0 bridgehead atoms. The number of hydrogen-bond donors (Lipinski definition) is 2. The zero-order valence-electron chi connectivity index (χ0n) is 18.2. The number of rotatable bonds is 7. The predicted octanol–water partition coefficient (Wildman–Crippen LogP) is 4.75. The van der Waals surface area contributed by atoms with Gasteiger partial charge in [-0.05, 0) is 57.1 Å². The van der Waals surface area contributed by atoms with Gasteiger partial charge in [-0.1, -0.05) is 12.1 Å². The summed E-state index contributed by atoms with van der Waals surface area (Å²) in [6.45, 7) is 12.3. The molecule has 2 aromatic rings. The summed E-state index contributed by atoms with van der Waals surface area (Å²) in [6, 6.07) is 10.2. The first-order valence-electron chi connectivity index (χ1n) is 10.4. The Morgan fingerprint density at radius 2 is 1.63 bits per heavy atom. The SMILES string of the molecule is CCOc1cc(N2CCOCC2)c(OCC)cc1NC(=S)Nc1cc(C)ccc1C. The summed E-state index contributed by atoms with van der Waals surface area (Å²) in [4.78, 5) is 2.27. The minimum absolute atomic E-state index is 0.506. The average Bonchev–Trinajstić information content (AvgIpc) is 2.73. The third-order valence-electron chi connectivity index (χ3n) is 4.90. The fourth-order valence-corrected chi connectivity index (χ4v) is 3.61. The first-order valence-corrected chi connectivity index (χ1v) is 10.8. The average molecular weight is 430 g/mol. The van der Waals surface area contributed by atoms with E-state index in [4.69, 9.17) is 26.4 Å². The van der Waals surface area contributed by atoms with Crippen molar-refractivity contribution >= 4 is 34.4 Å². The number of nitrogens with zero attached hydrogens (tertiary/aromatic N) is 1. The van der Waals surface area contributed by atoms with Crippen molar-refractivity contribution in [1.29, 1.82) is 0 Å². The van der Waals surface area contributed by atoms with Crippen LogP contribution in [0.5, 0.6) is 11.5 Å². The summed E-state index contributed by atoms with van der Waals surface area (Å²) in [6.07, 6.45) is 0. The fraction of sp³-hybridized carbons (Fsp3) is 0.435. The van der Waals surface area contributed by atoms with E-state index < -0.39 is 0 Å². The second-order valence-electron chi connectivity index (χ2n) is 7.18. The van der Waals surface area contributed by atoms with Crippen molar-refractivity contribution in [2.75, 3.05) is 55.1 Å². The lowest BCUT2D eigenvalue weighted by Crippen LogP contribution is -2.36. The summed E-state index contributed by atoms with van der Waals surface area (Å²) < 4.78 is 17.4. The van der Waals surface area contributed by atoms with Gasteiger partial charge in [-0.3, -0.25) is 0 Å². The minimum atomic E-state index is 0.506. The van der Waals surface area contributed by atoms with Crippen molar-refractivity contribution in [2.45, 2.75) is 27.7 Å². The number of ether oxygens (including phenoxy) is 3. The highest BCUT2D eigenvalue weighted by Crippen LogP contribution is 2.39. The Bertz CT molecular complexity index is 882. The van der Waals surface area contributed by atoms with Crippen molar-refractivity contribution < 1.29 is 14.2 Å². The van der Waals surface area contributed by atoms with Gasteiger partial charge < -0.3 is 29.7 Å². The Kier molecular flexibility index (Phi) is 7.76. The molecular weight excluding hydrogens is 398 g/mol. The zero-order valence-corrected chi connectivity index (χ0v) is 19.0. The van der Waals surface area contributed by atoms with E-state index in [-0.39, 0.29) is 0 Å². The van der Waals surface area contributed by atoms with Gasteiger partial charge in [0.05, 0.1) is 37.8 Å². The Morgan fingerprint density at radius 1 is 0.967 bits per heavy atom. The monoisotopic (exact) mass is 429 g/mol. The number of morpholine rings is 1. The third kappa shape index (κ3) is 5.55. The van der Waals surface area contributed by atoms with Gasteiger partial charge in [0.25, 0.3) is 0 Å². The summed E-state index contributed by atoms with van der Waals surface area (Å²) in [7, 11) is 0. The number of aryl methyl sites for hydroxylation is 2. The van der Waals surface area contributed by atoms with Gasteiger partial charge in [0.1, 0.15) is 11.5 Å². The van der Waals surface area contributed by atoms with Crippen LogP contribution < -0.4 is 25.0 Å². The molecule has 1 fully saturated rings. The molecular formula is C23H31N3O3S. The molecule has 0 amide bonds. The van der Waals surface area contributed by atoms with E-state index in [0.29, 0.717) is 31.5 Å². The number of benzene rings is 2. The van der Waals surface area contributed by atoms with Gasteiger partial charge in [0.15, 0.2) is 5.11 Å². The van der Waals surface area contributed by atoms with E-state index in [1.165, 1.54) is 5.56 Å². The maximum absolute atomic E-state index is 5.96. The number of anilines is 3. The second-order valence-corrected chi connectivity index (χ2v) is 7.59. The lowest BCUT2D eigenvalue weighted by atomic mass is 10.1. The molecule has 6 nitrogen and oxygen atoms in total. The van der Waals surface area contributed by atoms with Crippen LogP contribution in [0, 0.1) is 13.8 Å². The number of hydrogen-bond acceptors (Lipinski definition) is 5. The van der Waals surface area contributed by atoms with Crippen LogP contribution in [0.3, 0.4) is 0 Å². The van der Waals surface area contributed by atoms with E-state index in [1.807, 2.05) is 26.0 Å². The molecule has 3 rings (SSSR count). The third-order valence-corrected chi connectivity index (χ3v) is 5.11. The van der Waals surface area contributed by atoms with Crippen molar-refractivity contribution in [2.24, 2.45) is 0 Å². The van der Waals surface area contributed by atoms with Crippen molar-refractivity contribution in [3.05, 3.63) is 41.5 Å². The summed E-state index contributed by atoms with van der Waals surface area (Å²) >= 11 is 5.59. The van der Waals surface area contributed by atoms with Crippen molar-refractivity contribution in [3.8, 4) is 11.5 Å².